The third-order valence-electron chi connectivity index (χ3n) is 2.77. The molecule has 0 spiro atoms. The summed E-state index contributed by atoms with van der Waals surface area (Å²) in [4.78, 5) is 0. The Morgan fingerprint density at radius 3 is 2.63 bits per heavy atom. The van der Waals surface area contributed by atoms with Crippen LogP contribution in [0.15, 0.2) is 40.9 Å². The minimum Gasteiger partial charge on any atom is -0.388 e. The quantitative estimate of drug-likeness (QED) is 0.797. The van der Waals surface area contributed by atoms with Gasteiger partial charge in [-0.05, 0) is 29.3 Å². The van der Waals surface area contributed by atoms with Gasteiger partial charge in [-0.2, -0.15) is 0 Å². The van der Waals surface area contributed by atoms with Crippen LogP contribution >= 0.6 is 39.1 Å². The topological polar surface area (TPSA) is 20.2 Å². The molecule has 0 aliphatic heterocycles. The normalized spacial score (nSPS) is 12.5. The molecule has 0 fully saturated rings. The Morgan fingerprint density at radius 2 is 1.95 bits per heavy atom. The number of hydrogen-bond acceptors (Lipinski definition) is 1. The highest BCUT2D eigenvalue weighted by atomic mass is 79.9. The monoisotopic (exact) mass is 362 g/mol. The molecule has 100 valence electrons. The Morgan fingerprint density at radius 1 is 1.21 bits per heavy atom. The van der Waals surface area contributed by atoms with Crippen molar-refractivity contribution in [3.8, 4) is 0 Å². The van der Waals surface area contributed by atoms with Crippen molar-refractivity contribution in [3.05, 3.63) is 67.9 Å². The van der Waals surface area contributed by atoms with Crippen LogP contribution in [-0.4, -0.2) is 5.11 Å². The molecule has 1 atom stereocenters. The molecule has 0 radical (unpaired) electrons. The standard InChI is InChI=1S/C14H10BrCl2FO/c15-9-4-5-10(11(16)7-9)13(19)6-8-2-1-3-12(18)14(8)17/h1-5,7,13,19H,6H2. The second-order valence-electron chi connectivity index (χ2n) is 4.10. The molecule has 0 aromatic heterocycles. The zero-order valence-electron chi connectivity index (χ0n) is 9.71. The largest absolute Gasteiger partial charge is 0.388 e. The van der Waals surface area contributed by atoms with Crippen LogP contribution in [0.3, 0.4) is 0 Å². The highest BCUT2D eigenvalue weighted by molar-refractivity contribution is 9.10. The average Bonchev–Trinajstić information content (AvgIpc) is 2.34. The predicted molar refractivity (Wildman–Crippen MR) is 79.2 cm³/mol. The van der Waals surface area contributed by atoms with Crippen LogP contribution in [0.5, 0.6) is 0 Å². The lowest BCUT2D eigenvalue weighted by Crippen LogP contribution is -2.03. The summed E-state index contributed by atoms with van der Waals surface area (Å²) in [6.07, 6.45) is -0.627. The summed E-state index contributed by atoms with van der Waals surface area (Å²) in [5.41, 5.74) is 1.14. The van der Waals surface area contributed by atoms with E-state index in [0.29, 0.717) is 16.1 Å². The highest BCUT2D eigenvalue weighted by Crippen LogP contribution is 2.30. The van der Waals surface area contributed by atoms with E-state index in [-0.39, 0.29) is 11.4 Å². The third kappa shape index (κ3) is 3.48. The van der Waals surface area contributed by atoms with Gasteiger partial charge in [0.25, 0.3) is 0 Å². The van der Waals surface area contributed by atoms with E-state index in [4.69, 9.17) is 23.2 Å². The summed E-state index contributed by atoms with van der Waals surface area (Å²) < 4.78 is 14.1. The lowest BCUT2D eigenvalue weighted by atomic mass is 10.0. The summed E-state index contributed by atoms with van der Waals surface area (Å²) in [6.45, 7) is 0. The van der Waals surface area contributed by atoms with Crippen molar-refractivity contribution in [3.63, 3.8) is 0 Å². The van der Waals surface area contributed by atoms with Crippen LogP contribution in [0, 0.1) is 5.82 Å². The predicted octanol–water partition coefficient (Wildman–Crippen LogP) is 5.17. The van der Waals surface area contributed by atoms with Crippen molar-refractivity contribution < 1.29 is 9.50 Å². The van der Waals surface area contributed by atoms with Crippen LogP contribution in [0.2, 0.25) is 10.0 Å². The zero-order chi connectivity index (χ0) is 14.0. The third-order valence-corrected chi connectivity index (χ3v) is 4.01. The summed E-state index contributed by atoms with van der Waals surface area (Å²) in [5, 5.41) is 10.7. The second kappa shape index (κ2) is 6.23. The van der Waals surface area contributed by atoms with Crippen molar-refractivity contribution in [2.45, 2.75) is 12.5 Å². The van der Waals surface area contributed by atoms with Crippen molar-refractivity contribution in [2.75, 3.05) is 0 Å². The molecule has 0 saturated carbocycles. The number of aliphatic hydroxyl groups excluding tert-OH is 1. The number of hydrogen-bond donors (Lipinski definition) is 1. The van der Waals surface area contributed by atoms with Gasteiger partial charge in [-0.3, -0.25) is 0 Å². The Labute approximate surface area is 129 Å². The van der Waals surface area contributed by atoms with E-state index < -0.39 is 11.9 Å². The lowest BCUT2D eigenvalue weighted by molar-refractivity contribution is 0.178. The molecule has 0 saturated heterocycles. The molecule has 1 nitrogen and oxygen atoms in total. The Balaban J connectivity index is 2.25. The minimum absolute atomic E-state index is 0.0368. The Bertz CT molecular complexity index is 604. The molecule has 2 rings (SSSR count). The fourth-order valence-electron chi connectivity index (χ4n) is 1.80. The molecule has 2 aromatic rings. The maximum atomic E-state index is 13.3. The van der Waals surface area contributed by atoms with Crippen LogP contribution in [0.1, 0.15) is 17.2 Å². The molecule has 1 N–H and O–H groups in total. The maximum absolute atomic E-state index is 13.3. The Hall–Kier alpha value is -0.610. The molecule has 0 heterocycles. The van der Waals surface area contributed by atoms with Crippen molar-refractivity contribution in [2.24, 2.45) is 0 Å². The van der Waals surface area contributed by atoms with Gasteiger partial charge in [0.1, 0.15) is 5.82 Å². The second-order valence-corrected chi connectivity index (χ2v) is 5.80. The van der Waals surface area contributed by atoms with E-state index >= 15 is 0 Å². The van der Waals surface area contributed by atoms with E-state index in [9.17, 15) is 9.50 Å². The first-order valence-corrected chi connectivity index (χ1v) is 7.10. The van der Waals surface area contributed by atoms with Gasteiger partial charge in [-0.1, -0.05) is 57.3 Å². The molecule has 0 bridgehead atoms. The van der Waals surface area contributed by atoms with Crippen LogP contribution in [0.25, 0.3) is 0 Å². The summed E-state index contributed by atoms with van der Waals surface area (Å²) in [6, 6.07) is 9.74. The molecule has 2 aromatic carbocycles. The molecular weight excluding hydrogens is 354 g/mol. The van der Waals surface area contributed by atoms with E-state index in [0.717, 1.165) is 4.47 Å². The van der Waals surface area contributed by atoms with Crippen LogP contribution < -0.4 is 0 Å². The SMILES string of the molecule is OC(Cc1cccc(F)c1Cl)c1ccc(Br)cc1Cl. The first-order chi connectivity index (χ1) is 8.99. The van der Waals surface area contributed by atoms with Crippen LogP contribution in [-0.2, 0) is 6.42 Å². The first kappa shape index (κ1) is 14.8. The fraction of sp³-hybridized carbons (Fsp3) is 0.143. The van der Waals surface area contributed by atoms with Gasteiger partial charge in [0.15, 0.2) is 0 Å². The smallest absolute Gasteiger partial charge is 0.142 e. The van der Waals surface area contributed by atoms with Gasteiger partial charge in [-0.15, -0.1) is 0 Å². The molecule has 19 heavy (non-hydrogen) atoms. The number of rotatable bonds is 3. The molecule has 0 amide bonds. The van der Waals surface area contributed by atoms with Gasteiger partial charge in [-0.25, -0.2) is 4.39 Å². The Kier molecular flexibility index (Phi) is 4.85. The van der Waals surface area contributed by atoms with E-state index in [1.165, 1.54) is 6.07 Å². The number of halogens is 4. The maximum Gasteiger partial charge on any atom is 0.142 e. The van der Waals surface area contributed by atoms with Gasteiger partial charge in [0, 0.05) is 15.9 Å². The van der Waals surface area contributed by atoms with Gasteiger partial charge >= 0.3 is 0 Å². The van der Waals surface area contributed by atoms with Gasteiger partial charge in [0.05, 0.1) is 11.1 Å². The van der Waals surface area contributed by atoms with Crippen LogP contribution in [0.4, 0.5) is 4.39 Å². The van der Waals surface area contributed by atoms with Gasteiger partial charge in [0.2, 0.25) is 0 Å². The highest BCUT2D eigenvalue weighted by Gasteiger charge is 2.15. The fourth-order valence-corrected chi connectivity index (χ4v) is 2.80. The molecule has 5 heteroatoms. The zero-order valence-corrected chi connectivity index (χ0v) is 12.8. The minimum atomic E-state index is -0.833. The van der Waals surface area contributed by atoms with E-state index in [1.807, 2.05) is 0 Å². The van der Waals surface area contributed by atoms with Crippen molar-refractivity contribution in [1.29, 1.82) is 0 Å². The molecular formula is C14H10BrCl2FO. The lowest BCUT2D eigenvalue weighted by Gasteiger charge is -2.14. The molecule has 1 unspecified atom stereocenters. The van der Waals surface area contributed by atoms with E-state index in [2.05, 4.69) is 15.9 Å². The summed E-state index contributed by atoms with van der Waals surface area (Å²) >= 11 is 15.2. The summed E-state index contributed by atoms with van der Waals surface area (Å²) in [5.74, 6) is -0.492. The number of benzene rings is 2. The first-order valence-electron chi connectivity index (χ1n) is 5.55. The van der Waals surface area contributed by atoms with Crippen molar-refractivity contribution in [1.82, 2.24) is 0 Å². The average molecular weight is 364 g/mol. The van der Waals surface area contributed by atoms with Gasteiger partial charge < -0.3 is 5.11 Å². The molecule has 0 aliphatic carbocycles. The molecule has 0 aliphatic rings. The van der Waals surface area contributed by atoms with Crippen molar-refractivity contribution >= 4 is 39.1 Å². The number of aliphatic hydroxyl groups is 1. The summed E-state index contributed by atoms with van der Waals surface area (Å²) in [7, 11) is 0. The van der Waals surface area contributed by atoms with E-state index in [1.54, 1.807) is 30.3 Å².